The summed E-state index contributed by atoms with van der Waals surface area (Å²) in [6.45, 7) is 2.49. The Labute approximate surface area is 101 Å². The molecule has 1 aromatic carbocycles. The van der Waals surface area contributed by atoms with Crippen molar-refractivity contribution in [1.29, 1.82) is 0 Å². The van der Waals surface area contributed by atoms with Gasteiger partial charge >= 0.3 is 0 Å². The Kier molecular flexibility index (Phi) is 3.64. The van der Waals surface area contributed by atoms with E-state index in [0.29, 0.717) is 13.0 Å². The molecule has 1 aliphatic heterocycles. The molecule has 4 heteroatoms. The first kappa shape index (κ1) is 11.9. The molecule has 0 fully saturated rings. The molecular weight excluding hydrogens is 218 g/mol. The standard InChI is InChI=1S/C13H17NO3/c1-10(15)5-4-8-14-11-6-2-3-7-12(11)17-9-13(14)16/h2-3,6-7,10,15H,4-5,8-9H2,1H3. The van der Waals surface area contributed by atoms with Crippen LogP contribution in [0.5, 0.6) is 5.75 Å². The van der Waals surface area contributed by atoms with Crippen LogP contribution in [0, 0.1) is 0 Å². The van der Waals surface area contributed by atoms with Crippen LogP contribution >= 0.6 is 0 Å². The van der Waals surface area contributed by atoms with Gasteiger partial charge in [-0.15, -0.1) is 0 Å². The Morgan fingerprint density at radius 2 is 2.24 bits per heavy atom. The Morgan fingerprint density at radius 1 is 1.47 bits per heavy atom. The first-order chi connectivity index (χ1) is 8.18. The molecule has 1 amide bonds. The number of fused-ring (bicyclic) bond motifs is 1. The first-order valence-electron chi connectivity index (χ1n) is 5.89. The van der Waals surface area contributed by atoms with Crippen LogP contribution in [0.3, 0.4) is 0 Å². The lowest BCUT2D eigenvalue weighted by molar-refractivity contribution is -0.121. The maximum atomic E-state index is 11.8. The number of hydrogen-bond acceptors (Lipinski definition) is 3. The zero-order chi connectivity index (χ0) is 12.3. The molecule has 4 nitrogen and oxygen atoms in total. The summed E-state index contributed by atoms with van der Waals surface area (Å²) in [4.78, 5) is 13.5. The largest absolute Gasteiger partial charge is 0.482 e. The molecule has 0 radical (unpaired) electrons. The molecular formula is C13H17NO3. The van der Waals surface area contributed by atoms with Crippen molar-refractivity contribution >= 4 is 11.6 Å². The van der Waals surface area contributed by atoms with Crippen LogP contribution in [0.15, 0.2) is 24.3 Å². The number of amides is 1. The fourth-order valence-electron chi connectivity index (χ4n) is 1.94. The lowest BCUT2D eigenvalue weighted by Crippen LogP contribution is -2.39. The molecule has 1 atom stereocenters. The molecule has 17 heavy (non-hydrogen) atoms. The summed E-state index contributed by atoms with van der Waals surface area (Å²) in [7, 11) is 0. The van der Waals surface area contributed by atoms with Crippen LogP contribution in [0.4, 0.5) is 5.69 Å². The Balaban J connectivity index is 2.07. The van der Waals surface area contributed by atoms with E-state index in [-0.39, 0.29) is 18.6 Å². The summed E-state index contributed by atoms with van der Waals surface area (Å²) in [5, 5.41) is 9.21. The van der Waals surface area contributed by atoms with Crippen molar-refractivity contribution in [2.24, 2.45) is 0 Å². The molecule has 1 aromatic rings. The highest BCUT2D eigenvalue weighted by atomic mass is 16.5. The minimum atomic E-state index is -0.318. The molecule has 2 rings (SSSR count). The highest BCUT2D eigenvalue weighted by Crippen LogP contribution is 2.31. The monoisotopic (exact) mass is 235 g/mol. The van der Waals surface area contributed by atoms with Crippen molar-refractivity contribution < 1.29 is 14.6 Å². The Bertz CT molecular complexity index is 403. The maximum Gasteiger partial charge on any atom is 0.265 e. The van der Waals surface area contributed by atoms with Gasteiger partial charge in [0.1, 0.15) is 5.75 Å². The molecule has 0 bridgehead atoms. The van der Waals surface area contributed by atoms with Crippen molar-refractivity contribution in [2.45, 2.75) is 25.9 Å². The second-order valence-electron chi connectivity index (χ2n) is 4.29. The quantitative estimate of drug-likeness (QED) is 0.861. The normalized spacial score (nSPS) is 16.4. The van der Waals surface area contributed by atoms with Crippen LogP contribution in [-0.2, 0) is 4.79 Å². The minimum absolute atomic E-state index is 0.0192. The molecule has 0 aromatic heterocycles. The summed E-state index contributed by atoms with van der Waals surface area (Å²) >= 11 is 0. The number of ether oxygens (including phenoxy) is 1. The van der Waals surface area contributed by atoms with E-state index in [9.17, 15) is 9.90 Å². The number of para-hydroxylation sites is 2. The molecule has 92 valence electrons. The van der Waals surface area contributed by atoms with E-state index >= 15 is 0 Å². The summed E-state index contributed by atoms with van der Waals surface area (Å²) in [6.07, 6.45) is 1.17. The van der Waals surface area contributed by atoms with Crippen molar-refractivity contribution in [2.75, 3.05) is 18.1 Å². The molecule has 1 N–H and O–H groups in total. The van der Waals surface area contributed by atoms with Crippen LogP contribution in [0.25, 0.3) is 0 Å². The predicted octanol–water partition coefficient (Wildman–Crippen LogP) is 1.57. The average molecular weight is 235 g/mol. The van der Waals surface area contributed by atoms with E-state index in [1.54, 1.807) is 11.8 Å². The van der Waals surface area contributed by atoms with Crippen LogP contribution in [0.1, 0.15) is 19.8 Å². The van der Waals surface area contributed by atoms with Gasteiger partial charge in [0.25, 0.3) is 5.91 Å². The number of carbonyl (C=O) groups excluding carboxylic acids is 1. The third kappa shape index (κ3) is 2.77. The first-order valence-corrected chi connectivity index (χ1v) is 5.89. The molecule has 0 aliphatic carbocycles. The van der Waals surface area contributed by atoms with Gasteiger partial charge in [0.05, 0.1) is 11.8 Å². The summed E-state index contributed by atoms with van der Waals surface area (Å²) in [5.41, 5.74) is 0.828. The van der Waals surface area contributed by atoms with E-state index < -0.39 is 0 Å². The fourth-order valence-corrected chi connectivity index (χ4v) is 1.94. The number of hydrogen-bond donors (Lipinski definition) is 1. The molecule has 0 saturated carbocycles. The van der Waals surface area contributed by atoms with Crippen molar-refractivity contribution in [3.8, 4) is 5.75 Å². The third-order valence-corrected chi connectivity index (χ3v) is 2.81. The predicted molar refractivity (Wildman–Crippen MR) is 65.2 cm³/mol. The van der Waals surface area contributed by atoms with Gasteiger partial charge in [-0.3, -0.25) is 4.79 Å². The lowest BCUT2D eigenvalue weighted by Gasteiger charge is -2.29. The number of aliphatic hydroxyl groups is 1. The lowest BCUT2D eigenvalue weighted by atomic mass is 10.2. The van der Waals surface area contributed by atoms with Crippen molar-refractivity contribution in [1.82, 2.24) is 0 Å². The second-order valence-corrected chi connectivity index (χ2v) is 4.29. The van der Waals surface area contributed by atoms with Crippen LogP contribution < -0.4 is 9.64 Å². The topological polar surface area (TPSA) is 49.8 Å². The van der Waals surface area contributed by atoms with Gasteiger partial charge in [-0.25, -0.2) is 0 Å². The zero-order valence-electron chi connectivity index (χ0n) is 9.93. The smallest absolute Gasteiger partial charge is 0.265 e. The van der Waals surface area contributed by atoms with Gasteiger partial charge < -0.3 is 14.7 Å². The van der Waals surface area contributed by atoms with Gasteiger partial charge in [-0.2, -0.15) is 0 Å². The van der Waals surface area contributed by atoms with E-state index in [4.69, 9.17) is 4.74 Å². The maximum absolute atomic E-state index is 11.8. The number of aliphatic hydroxyl groups excluding tert-OH is 1. The third-order valence-electron chi connectivity index (χ3n) is 2.81. The highest BCUT2D eigenvalue weighted by Gasteiger charge is 2.24. The molecule has 0 saturated heterocycles. The fraction of sp³-hybridized carbons (Fsp3) is 0.462. The van der Waals surface area contributed by atoms with Gasteiger partial charge in [0, 0.05) is 6.54 Å². The molecule has 0 spiro atoms. The van der Waals surface area contributed by atoms with Crippen molar-refractivity contribution in [3.63, 3.8) is 0 Å². The number of anilines is 1. The number of nitrogens with zero attached hydrogens (tertiary/aromatic N) is 1. The number of carbonyl (C=O) groups is 1. The van der Waals surface area contributed by atoms with E-state index in [1.165, 1.54) is 0 Å². The average Bonchev–Trinajstić information content (AvgIpc) is 2.32. The van der Waals surface area contributed by atoms with Crippen molar-refractivity contribution in [3.05, 3.63) is 24.3 Å². The van der Waals surface area contributed by atoms with Crippen LogP contribution in [-0.4, -0.2) is 30.3 Å². The Morgan fingerprint density at radius 3 is 3.00 bits per heavy atom. The van der Waals surface area contributed by atoms with E-state index in [2.05, 4.69) is 0 Å². The highest BCUT2D eigenvalue weighted by molar-refractivity contribution is 5.97. The zero-order valence-corrected chi connectivity index (χ0v) is 9.93. The SMILES string of the molecule is CC(O)CCCN1C(=O)COc2ccccc21. The molecule has 1 heterocycles. The summed E-state index contributed by atoms with van der Waals surface area (Å²) in [5.74, 6) is 0.735. The second kappa shape index (κ2) is 5.19. The summed E-state index contributed by atoms with van der Waals surface area (Å²) in [6, 6.07) is 7.53. The molecule has 1 unspecified atom stereocenters. The van der Waals surface area contributed by atoms with Crippen LogP contribution in [0.2, 0.25) is 0 Å². The van der Waals surface area contributed by atoms with Gasteiger partial charge in [-0.1, -0.05) is 12.1 Å². The summed E-state index contributed by atoms with van der Waals surface area (Å²) < 4.78 is 5.35. The van der Waals surface area contributed by atoms with Gasteiger partial charge in [0.15, 0.2) is 6.61 Å². The number of benzene rings is 1. The number of rotatable bonds is 4. The Hall–Kier alpha value is -1.55. The minimum Gasteiger partial charge on any atom is -0.482 e. The van der Waals surface area contributed by atoms with E-state index in [0.717, 1.165) is 17.9 Å². The van der Waals surface area contributed by atoms with Gasteiger partial charge in [0.2, 0.25) is 0 Å². The molecule has 1 aliphatic rings. The van der Waals surface area contributed by atoms with E-state index in [1.807, 2.05) is 24.3 Å². The van der Waals surface area contributed by atoms with Gasteiger partial charge in [-0.05, 0) is 31.9 Å².